The fourth-order valence-corrected chi connectivity index (χ4v) is 4.05. The molecule has 1 N–H and O–H groups in total. The number of piperidine rings is 1. The van der Waals surface area contributed by atoms with Crippen LogP contribution in [0.3, 0.4) is 0 Å². The number of pyridine rings is 1. The average molecular weight is 412 g/mol. The summed E-state index contributed by atoms with van der Waals surface area (Å²) >= 11 is 0. The minimum Gasteiger partial charge on any atom is -0.474 e. The lowest BCUT2D eigenvalue weighted by Crippen LogP contribution is -2.60. The van der Waals surface area contributed by atoms with E-state index < -0.39 is 0 Å². The zero-order chi connectivity index (χ0) is 21.1. The molecule has 9 nitrogen and oxygen atoms in total. The van der Waals surface area contributed by atoms with E-state index in [0.717, 1.165) is 18.5 Å². The Balaban J connectivity index is 1.34. The van der Waals surface area contributed by atoms with Crippen molar-refractivity contribution >= 4 is 11.8 Å². The van der Waals surface area contributed by atoms with Gasteiger partial charge in [-0.3, -0.25) is 19.6 Å². The summed E-state index contributed by atoms with van der Waals surface area (Å²) in [5.41, 5.74) is 1.31. The van der Waals surface area contributed by atoms with Crippen LogP contribution >= 0.6 is 0 Å². The van der Waals surface area contributed by atoms with Gasteiger partial charge in [0.15, 0.2) is 0 Å². The van der Waals surface area contributed by atoms with E-state index in [1.807, 2.05) is 42.0 Å². The monoisotopic (exact) mass is 412 g/mol. The number of carbonyl (C=O) groups is 2. The molecule has 0 aromatic carbocycles. The molecule has 0 radical (unpaired) electrons. The highest BCUT2D eigenvalue weighted by molar-refractivity contribution is 5.95. The van der Waals surface area contributed by atoms with Gasteiger partial charge in [-0.1, -0.05) is 6.07 Å². The van der Waals surface area contributed by atoms with E-state index in [2.05, 4.69) is 15.2 Å². The van der Waals surface area contributed by atoms with Gasteiger partial charge in [-0.2, -0.15) is 5.10 Å². The molecular formula is C21H28N6O3. The van der Waals surface area contributed by atoms with Gasteiger partial charge in [-0.25, -0.2) is 4.98 Å². The van der Waals surface area contributed by atoms with Crippen LogP contribution in [0.5, 0.6) is 5.88 Å². The van der Waals surface area contributed by atoms with Gasteiger partial charge >= 0.3 is 0 Å². The quantitative estimate of drug-likeness (QED) is 0.803. The molecular weight excluding hydrogens is 384 g/mol. The van der Waals surface area contributed by atoms with Gasteiger partial charge in [0, 0.05) is 63.5 Å². The smallest absolute Gasteiger partial charge is 0.257 e. The molecule has 2 aromatic rings. The number of aromatic amines is 1. The number of aryl methyl sites for hydroxylation is 1. The average Bonchev–Trinajstić information content (AvgIpc) is 3.20. The van der Waals surface area contributed by atoms with Gasteiger partial charge in [0.05, 0.1) is 11.8 Å². The van der Waals surface area contributed by atoms with Gasteiger partial charge in [-0.15, -0.1) is 0 Å². The lowest BCUT2D eigenvalue weighted by atomic mass is 10.0. The van der Waals surface area contributed by atoms with Crippen LogP contribution in [0.2, 0.25) is 0 Å². The summed E-state index contributed by atoms with van der Waals surface area (Å²) in [6, 6.07) is 5.28. The van der Waals surface area contributed by atoms with Crippen molar-refractivity contribution in [3.63, 3.8) is 0 Å². The number of aromatic nitrogens is 3. The number of nitrogens with one attached hydrogen (secondary N) is 1. The maximum atomic E-state index is 13.2. The van der Waals surface area contributed by atoms with Crippen molar-refractivity contribution < 1.29 is 14.3 Å². The number of hydrogen-bond acceptors (Lipinski definition) is 6. The molecule has 0 spiro atoms. The number of likely N-dealkylation sites (tertiary alicyclic amines) is 1. The van der Waals surface area contributed by atoms with E-state index in [9.17, 15) is 9.59 Å². The number of piperazine rings is 1. The van der Waals surface area contributed by atoms with Gasteiger partial charge in [0.1, 0.15) is 12.1 Å². The summed E-state index contributed by atoms with van der Waals surface area (Å²) in [5.74, 6) is 0.628. The molecule has 2 fully saturated rings. The van der Waals surface area contributed by atoms with Crippen molar-refractivity contribution in [2.24, 2.45) is 0 Å². The standard InChI is InChI=1S/C21H28N6O3/c1-15-17(13-23-24-15)20(28)27-12-11-25(2)18(14-27)21(29)26-9-6-16(7-10-26)30-19-5-3-4-8-22-19/h3-5,8,13,16,18H,6-7,9-12,14H2,1-2H3,(H,23,24). The van der Waals surface area contributed by atoms with Crippen molar-refractivity contribution in [2.75, 3.05) is 39.8 Å². The number of H-pyrrole nitrogens is 1. The first-order valence-corrected chi connectivity index (χ1v) is 10.4. The predicted molar refractivity (Wildman–Crippen MR) is 110 cm³/mol. The van der Waals surface area contributed by atoms with Gasteiger partial charge in [0.25, 0.3) is 5.91 Å². The van der Waals surface area contributed by atoms with Gasteiger partial charge in [0.2, 0.25) is 11.8 Å². The number of hydrogen-bond donors (Lipinski definition) is 1. The molecule has 4 rings (SSSR count). The third-order valence-corrected chi connectivity index (χ3v) is 5.96. The predicted octanol–water partition coefficient (Wildman–Crippen LogP) is 0.939. The van der Waals surface area contributed by atoms with Crippen LogP contribution in [0.25, 0.3) is 0 Å². The third-order valence-electron chi connectivity index (χ3n) is 5.96. The van der Waals surface area contributed by atoms with Crippen molar-refractivity contribution in [2.45, 2.75) is 31.9 Å². The zero-order valence-corrected chi connectivity index (χ0v) is 17.5. The maximum Gasteiger partial charge on any atom is 0.257 e. The highest BCUT2D eigenvalue weighted by Gasteiger charge is 2.36. The normalized spacial score (nSPS) is 20.9. The number of ether oxygens (including phenoxy) is 1. The highest BCUT2D eigenvalue weighted by Crippen LogP contribution is 2.20. The van der Waals surface area contributed by atoms with Crippen molar-refractivity contribution in [3.05, 3.63) is 41.9 Å². The van der Waals surface area contributed by atoms with E-state index in [-0.39, 0.29) is 24.0 Å². The van der Waals surface area contributed by atoms with Crippen LogP contribution in [-0.2, 0) is 4.79 Å². The minimum absolute atomic E-state index is 0.0650. The molecule has 30 heavy (non-hydrogen) atoms. The Hall–Kier alpha value is -2.94. The maximum absolute atomic E-state index is 13.2. The third kappa shape index (κ3) is 4.30. The number of amides is 2. The van der Waals surface area contributed by atoms with Crippen LogP contribution in [0.1, 0.15) is 28.9 Å². The number of nitrogens with zero attached hydrogens (tertiary/aromatic N) is 5. The summed E-state index contributed by atoms with van der Waals surface area (Å²) in [5, 5.41) is 6.75. The lowest BCUT2D eigenvalue weighted by molar-refractivity contribution is -0.140. The molecule has 0 aliphatic carbocycles. The van der Waals surface area contributed by atoms with Crippen LogP contribution in [0, 0.1) is 6.92 Å². The molecule has 2 amide bonds. The molecule has 0 saturated carbocycles. The minimum atomic E-state index is -0.330. The Morgan fingerprint density at radius 2 is 1.93 bits per heavy atom. The Morgan fingerprint density at radius 3 is 2.60 bits per heavy atom. The van der Waals surface area contributed by atoms with E-state index in [1.165, 1.54) is 0 Å². The second kappa shape index (κ2) is 8.83. The fraction of sp³-hybridized carbons (Fsp3) is 0.524. The number of rotatable bonds is 4. The number of likely N-dealkylation sites (N-methyl/N-ethyl adjacent to an activating group) is 1. The molecule has 1 unspecified atom stereocenters. The second-order valence-electron chi connectivity index (χ2n) is 7.97. The molecule has 1 atom stereocenters. The molecule has 9 heteroatoms. The van der Waals surface area contributed by atoms with Gasteiger partial charge < -0.3 is 14.5 Å². The van der Waals surface area contributed by atoms with Gasteiger partial charge in [-0.05, 0) is 20.0 Å². The molecule has 2 aliphatic rings. The van der Waals surface area contributed by atoms with E-state index in [4.69, 9.17) is 4.74 Å². The van der Waals surface area contributed by atoms with Crippen molar-refractivity contribution in [1.29, 1.82) is 0 Å². The zero-order valence-electron chi connectivity index (χ0n) is 17.5. The molecule has 160 valence electrons. The van der Waals surface area contributed by atoms with Crippen molar-refractivity contribution in [1.82, 2.24) is 29.9 Å². The van der Waals surface area contributed by atoms with Crippen LogP contribution in [0.4, 0.5) is 0 Å². The Kier molecular flexibility index (Phi) is 5.98. The fourth-order valence-electron chi connectivity index (χ4n) is 4.05. The SMILES string of the molecule is Cc1[nH]ncc1C(=O)N1CCN(C)C(C(=O)N2CCC(Oc3ccccn3)CC2)C1. The Morgan fingerprint density at radius 1 is 1.13 bits per heavy atom. The first-order chi connectivity index (χ1) is 14.5. The highest BCUT2D eigenvalue weighted by atomic mass is 16.5. The first kappa shape index (κ1) is 20.3. The van der Waals surface area contributed by atoms with Crippen molar-refractivity contribution in [3.8, 4) is 5.88 Å². The second-order valence-corrected chi connectivity index (χ2v) is 7.97. The van der Waals surface area contributed by atoms with E-state index in [0.29, 0.717) is 44.2 Å². The molecule has 2 saturated heterocycles. The van der Waals surface area contributed by atoms with Crippen LogP contribution in [-0.4, -0.2) is 93.6 Å². The molecule has 2 aromatic heterocycles. The molecule has 4 heterocycles. The topological polar surface area (TPSA) is 94.7 Å². The Labute approximate surface area is 176 Å². The summed E-state index contributed by atoms with van der Waals surface area (Å²) in [4.78, 5) is 36.0. The van der Waals surface area contributed by atoms with Crippen LogP contribution in [0.15, 0.2) is 30.6 Å². The van der Waals surface area contributed by atoms with Crippen LogP contribution < -0.4 is 4.74 Å². The number of carbonyl (C=O) groups excluding carboxylic acids is 2. The molecule has 0 bridgehead atoms. The first-order valence-electron chi connectivity index (χ1n) is 10.4. The summed E-state index contributed by atoms with van der Waals surface area (Å²) in [6.45, 7) is 4.78. The van der Waals surface area contributed by atoms with E-state index in [1.54, 1.807) is 17.3 Å². The Bertz CT molecular complexity index is 878. The largest absolute Gasteiger partial charge is 0.474 e. The summed E-state index contributed by atoms with van der Waals surface area (Å²) in [6.07, 6.45) is 4.88. The van der Waals surface area contributed by atoms with E-state index >= 15 is 0 Å². The summed E-state index contributed by atoms with van der Waals surface area (Å²) in [7, 11) is 1.95. The molecule has 2 aliphatic heterocycles. The summed E-state index contributed by atoms with van der Waals surface area (Å²) < 4.78 is 5.93. The lowest BCUT2D eigenvalue weighted by Gasteiger charge is -2.42.